The van der Waals surface area contributed by atoms with Crippen molar-refractivity contribution in [2.24, 2.45) is 0 Å². The molecule has 1 aliphatic carbocycles. The summed E-state index contributed by atoms with van der Waals surface area (Å²) in [7, 11) is 0. The van der Waals surface area contributed by atoms with E-state index in [0.29, 0.717) is 18.3 Å². The van der Waals surface area contributed by atoms with E-state index in [1.165, 1.54) is 19.3 Å². The number of ether oxygens (including phenoxy) is 1. The molecule has 0 aromatic heterocycles. The van der Waals surface area contributed by atoms with Gasteiger partial charge in [-0.3, -0.25) is 4.79 Å². The molecule has 3 heteroatoms. The molecular weight excluding hydrogens is 238 g/mol. The van der Waals surface area contributed by atoms with Crippen molar-refractivity contribution in [3.05, 3.63) is 42.2 Å². The van der Waals surface area contributed by atoms with Crippen molar-refractivity contribution in [3.8, 4) is 0 Å². The standard InChI is InChI=1S/C16H19NO2/c18-16-15(13-7-3-1-4-8-13)11-19-12-17(16)14-9-5-2-6-10-14/h1,3-4,7-8,11,14H,2,5-6,9-10,12H2. The topological polar surface area (TPSA) is 29.5 Å². The number of carbonyl (C=O) groups excluding carboxylic acids is 1. The van der Waals surface area contributed by atoms with E-state index < -0.39 is 0 Å². The zero-order valence-electron chi connectivity index (χ0n) is 11.0. The Hall–Kier alpha value is -1.77. The Balaban J connectivity index is 1.80. The zero-order chi connectivity index (χ0) is 13.1. The van der Waals surface area contributed by atoms with Gasteiger partial charge in [-0.1, -0.05) is 49.6 Å². The van der Waals surface area contributed by atoms with Crippen molar-refractivity contribution in [1.29, 1.82) is 0 Å². The van der Waals surface area contributed by atoms with Crippen molar-refractivity contribution >= 4 is 11.5 Å². The van der Waals surface area contributed by atoms with Gasteiger partial charge in [-0.2, -0.15) is 0 Å². The van der Waals surface area contributed by atoms with Crippen LogP contribution in [-0.4, -0.2) is 23.6 Å². The molecule has 3 rings (SSSR count). The number of rotatable bonds is 2. The quantitative estimate of drug-likeness (QED) is 0.814. The van der Waals surface area contributed by atoms with Crippen LogP contribution in [0.1, 0.15) is 37.7 Å². The second-order valence-electron chi connectivity index (χ2n) is 5.26. The number of hydrogen-bond acceptors (Lipinski definition) is 2. The maximum absolute atomic E-state index is 12.6. The SMILES string of the molecule is O=C1C(c2ccccc2)=COCN1C1CCCCC1. The molecular formula is C16H19NO2. The Morgan fingerprint density at radius 2 is 1.79 bits per heavy atom. The minimum Gasteiger partial charge on any atom is -0.480 e. The van der Waals surface area contributed by atoms with Crippen LogP contribution in [0.25, 0.3) is 5.57 Å². The van der Waals surface area contributed by atoms with Gasteiger partial charge in [0.1, 0.15) is 0 Å². The minimum absolute atomic E-state index is 0.115. The molecule has 0 unspecified atom stereocenters. The fourth-order valence-electron chi connectivity index (χ4n) is 2.94. The highest BCUT2D eigenvalue weighted by Crippen LogP contribution is 2.28. The molecule has 0 radical (unpaired) electrons. The first-order valence-electron chi connectivity index (χ1n) is 7.04. The Morgan fingerprint density at radius 1 is 1.05 bits per heavy atom. The van der Waals surface area contributed by atoms with Gasteiger partial charge < -0.3 is 9.64 Å². The largest absolute Gasteiger partial charge is 0.480 e. The van der Waals surface area contributed by atoms with Crippen molar-refractivity contribution in [3.63, 3.8) is 0 Å². The number of benzene rings is 1. The molecule has 1 amide bonds. The van der Waals surface area contributed by atoms with Gasteiger partial charge in [0.2, 0.25) is 0 Å². The molecule has 1 fully saturated rings. The first-order valence-corrected chi connectivity index (χ1v) is 7.04. The lowest BCUT2D eigenvalue weighted by atomic mass is 9.93. The first-order chi connectivity index (χ1) is 9.36. The van der Waals surface area contributed by atoms with Crippen LogP contribution in [0, 0.1) is 0 Å². The van der Waals surface area contributed by atoms with Gasteiger partial charge in [0.25, 0.3) is 5.91 Å². The summed E-state index contributed by atoms with van der Waals surface area (Å²) in [4.78, 5) is 14.5. The van der Waals surface area contributed by atoms with Crippen LogP contribution >= 0.6 is 0 Å². The summed E-state index contributed by atoms with van der Waals surface area (Å²) in [5.41, 5.74) is 1.62. The van der Waals surface area contributed by atoms with Gasteiger partial charge in [0, 0.05) is 6.04 Å². The molecule has 0 N–H and O–H groups in total. The normalized spacial score (nSPS) is 20.9. The van der Waals surface area contributed by atoms with E-state index in [2.05, 4.69) is 0 Å². The first kappa shape index (κ1) is 12.3. The lowest BCUT2D eigenvalue weighted by Crippen LogP contribution is -2.44. The van der Waals surface area contributed by atoms with Gasteiger partial charge in [-0.05, 0) is 18.4 Å². The van der Waals surface area contributed by atoms with Crippen molar-refractivity contribution in [2.75, 3.05) is 6.73 Å². The molecule has 0 spiro atoms. The van der Waals surface area contributed by atoms with Gasteiger partial charge in [-0.25, -0.2) is 0 Å². The summed E-state index contributed by atoms with van der Waals surface area (Å²) in [6.45, 7) is 0.403. The number of nitrogens with zero attached hydrogens (tertiary/aromatic N) is 1. The Morgan fingerprint density at radius 3 is 2.53 bits per heavy atom. The van der Waals surface area contributed by atoms with Gasteiger partial charge in [0.15, 0.2) is 6.73 Å². The second-order valence-corrected chi connectivity index (χ2v) is 5.26. The number of carbonyl (C=O) groups is 1. The molecule has 0 saturated heterocycles. The predicted molar refractivity (Wildman–Crippen MR) is 74.1 cm³/mol. The smallest absolute Gasteiger partial charge is 0.260 e. The van der Waals surface area contributed by atoms with E-state index in [1.54, 1.807) is 6.26 Å². The van der Waals surface area contributed by atoms with Crippen LogP contribution in [0.2, 0.25) is 0 Å². The fraction of sp³-hybridized carbons (Fsp3) is 0.438. The van der Waals surface area contributed by atoms with Gasteiger partial charge in [0.05, 0.1) is 11.8 Å². The number of amides is 1. The van der Waals surface area contributed by atoms with E-state index in [0.717, 1.165) is 18.4 Å². The monoisotopic (exact) mass is 257 g/mol. The summed E-state index contributed by atoms with van der Waals surface area (Å²) in [6, 6.07) is 10.1. The van der Waals surface area contributed by atoms with Crippen LogP contribution in [0.4, 0.5) is 0 Å². The third-order valence-corrected chi connectivity index (χ3v) is 4.01. The highest BCUT2D eigenvalue weighted by atomic mass is 16.5. The fourth-order valence-corrected chi connectivity index (χ4v) is 2.94. The summed E-state index contributed by atoms with van der Waals surface area (Å²) in [5.74, 6) is 0.115. The van der Waals surface area contributed by atoms with E-state index in [9.17, 15) is 4.79 Å². The molecule has 0 atom stereocenters. The second kappa shape index (κ2) is 5.47. The Labute approximate surface area is 113 Å². The average molecular weight is 257 g/mol. The molecule has 1 aromatic rings. The molecule has 1 heterocycles. The maximum atomic E-state index is 12.6. The van der Waals surface area contributed by atoms with Crippen molar-refractivity contribution in [2.45, 2.75) is 38.1 Å². The van der Waals surface area contributed by atoms with E-state index in [1.807, 2.05) is 35.2 Å². The predicted octanol–water partition coefficient (Wildman–Crippen LogP) is 3.18. The average Bonchev–Trinajstić information content (AvgIpc) is 2.49. The molecule has 19 heavy (non-hydrogen) atoms. The van der Waals surface area contributed by atoms with Crippen LogP contribution in [0.5, 0.6) is 0 Å². The molecule has 100 valence electrons. The summed E-state index contributed by atoms with van der Waals surface area (Å²) < 4.78 is 5.52. The van der Waals surface area contributed by atoms with Crippen LogP contribution in [0.3, 0.4) is 0 Å². The molecule has 1 aliphatic heterocycles. The third kappa shape index (κ3) is 2.50. The van der Waals surface area contributed by atoms with E-state index >= 15 is 0 Å². The summed E-state index contributed by atoms with van der Waals surface area (Å²) in [5, 5.41) is 0. The number of hydrogen-bond donors (Lipinski definition) is 0. The highest BCUT2D eigenvalue weighted by molar-refractivity contribution is 6.19. The molecule has 1 aromatic carbocycles. The molecule has 3 nitrogen and oxygen atoms in total. The van der Waals surface area contributed by atoms with Crippen molar-refractivity contribution in [1.82, 2.24) is 4.90 Å². The van der Waals surface area contributed by atoms with Crippen LogP contribution in [-0.2, 0) is 9.53 Å². The summed E-state index contributed by atoms with van der Waals surface area (Å²) >= 11 is 0. The lowest BCUT2D eigenvalue weighted by molar-refractivity contribution is -0.134. The van der Waals surface area contributed by atoms with Gasteiger partial charge in [-0.15, -0.1) is 0 Å². The Bertz CT molecular complexity index is 475. The molecule has 2 aliphatic rings. The van der Waals surface area contributed by atoms with E-state index in [4.69, 9.17) is 4.74 Å². The van der Waals surface area contributed by atoms with Crippen molar-refractivity contribution < 1.29 is 9.53 Å². The third-order valence-electron chi connectivity index (χ3n) is 4.01. The van der Waals surface area contributed by atoms with Crippen LogP contribution in [0.15, 0.2) is 36.6 Å². The molecule has 0 bridgehead atoms. The van der Waals surface area contributed by atoms with Gasteiger partial charge >= 0.3 is 0 Å². The minimum atomic E-state index is 0.115. The maximum Gasteiger partial charge on any atom is 0.260 e. The zero-order valence-corrected chi connectivity index (χ0v) is 11.0. The molecule has 1 saturated carbocycles. The Kier molecular flexibility index (Phi) is 3.53. The highest BCUT2D eigenvalue weighted by Gasteiger charge is 2.30. The lowest BCUT2D eigenvalue weighted by Gasteiger charge is -2.36. The summed E-state index contributed by atoms with van der Waals surface area (Å²) in [6.07, 6.45) is 7.56. The van der Waals surface area contributed by atoms with Crippen LogP contribution < -0.4 is 0 Å². The van der Waals surface area contributed by atoms with E-state index in [-0.39, 0.29) is 5.91 Å².